The molecule has 3 N–H and O–H groups in total. The van der Waals surface area contributed by atoms with Gasteiger partial charge in [0.15, 0.2) is 5.96 Å². The van der Waals surface area contributed by atoms with Crippen LogP contribution in [0, 0.1) is 0 Å². The number of benzene rings is 2. The van der Waals surface area contributed by atoms with Crippen LogP contribution in [0.15, 0.2) is 47.5 Å². The minimum Gasteiger partial charge on any atom is -0.497 e. The fourth-order valence-electron chi connectivity index (χ4n) is 2.98. The second kappa shape index (κ2) is 8.53. The van der Waals surface area contributed by atoms with Gasteiger partial charge < -0.3 is 20.5 Å². The second-order valence-corrected chi connectivity index (χ2v) is 6.13. The zero-order valence-electron chi connectivity index (χ0n) is 14.6. The molecule has 0 spiro atoms. The van der Waals surface area contributed by atoms with Crippen LogP contribution in [0.25, 0.3) is 0 Å². The first-order valence-electron chi connectivity index (χ1n) is 8.64. The van der Waals surface area contributed by atoms with Crippen LogP contribution in [0.5, 0.6) is 5.75 Å². The molecule has 25 heavy (non-hydrogen) atoms. The molecule has 0 amide bonds. The maximum Gasteiger partial charge on any atom is 0.193 e. The first kappa shape index (κ1) is 17.3. The summed E-state index contributed by atoms with van der Waals surface area (Å²) < 4.78 is 10.8. The van der Waals surface area contributed by atoms with Crippen molar-refractivity contribution in [1.29, 1.82) is 0 Å². The summed E-state index contributed by atoms with van der Waals surface area (Å²) in [6, 6.07) is 14.2. The standard InChI is InChI=1S/C20H25N3O2/c1-24-19-9-5-15(6-10-19)14-25-12-11-22-20(21)23-18-8-7-16-3-2-4-17(16)13-18/h5-10,13H,2-4,11-12,14H2,1H3,(H3,21,22,23). The number of aryl methyl sites for hydroxylation is 2. The normalized spacial score (nSPS) is 13.6. The Kier molecular flexibility index (Phi) is 5.90. The Balaban J connectivity index is 1.39. The Morgan fingerprint density at radius 1 is 1.12 bits per heavy atom. The quantitative estimate of drug-likeness (QED) is 0.462. The lowest BCUT2D eigenvalue weighted by Crippen LogP contribution is -2.23. The lowest BCUT2D eigenvalue weighted by molar-refractivity contribution is 0.128. The van der Waals surface area contributed by atoms with Crippen molar-refractivity contribution in [2.24, 2.45) is 10.7 Å². The van der Waals surface area contributed by atoms with Gasteiger partial charge in [0.2, 0.25) is 0 Å². The van der Waals surface area contributed by atoms with Crippen molar-refractivity contribution < 1.29 is 9.47 Å². The van der Waals surface area contributed by atoms with Gasteiger partial charge in [0.1, 0.15) is 5.75 Å². The number of hydrogen-bond acceptors (Lipinski definition) is 3. The number of rotatable bonds is 7. The third-order valence-corrected chi connectivity index (χ3v) is 4.32. The molecule has 0 aromatic heterocycles. The molecule has 0 heterocycles. The van der Waals surface area contributed by atoms with Gasteiger partial charge in [0.25, 0.3) is 0 Å². The Bertz CT molecular complexity index is 726. The Hall–Kier alpha value is -2.53. The van der Waals surface area contributed by atoms with E-state index in [0.717, 1.165) is 23.4 Å². The van der Waals surface area contributed by atoms with Crippen molar-refractivity contribution in [2.75, 3.05) is 25.6 Å². The third kappa shape index (κ3) is 4.97. The molecule has 2 aromatic rings. The predicted molar refractivity (Wildman–Crippen MR) is 101 cm³/mol. The molecule has 1 aliphatic rings. The summed E-state index contributed by atoms with van der Waals surface area (Å²) in [4.78, 5) is 4.31. The van der Waals surface area contributed by atoms with Crippen LogP contribution in [0.4, 0.5) is 5.69 Å². The van der Waals surface area contributed by atoms with Gasteiger partial charge in [-0.15, -0.1) is 0 Å². The molecule has 0 radical (unpaired) electrons. The minimum atomic E-state index is 0.422. The number of ether oxygens (including phenoxy) is 2. The highest BCUT2D eigenvalue weighted by atomic mass is 16.5. The summed E-state index contributed by atoms with van der Waals surface area (Å²) in [5, 5.41) is 3.15. The second-order valence-electron chi connectivity index (χ2n) is 6.13. The van der Waals surface area contributed by atoms with Gasteiger partial charge in [-0.3, -0.25) is 4.99 Å². The lowest BCUT2D eigenvalue weighted by atomic mass is 10.1. The van der Waals surface area contributed by atoms with Gasteiger partial charge in [0, 0.05) is 5.69 Å². The van der Waals surface area contributed by atoms with Crippen LogP contribution in [0.1, 0.15) is 23.1 Å². The molecule has 0 unspecified atom stereocenters. The zero-order valence-corrected chi connectivity index (χ0v) is 14.6. The minimum absolute atomic E-state index is 0.422. The lowest BCUT2D eigenvalue weighted by Gasteiger charge is -2.08. The molecule has 1 aliphatic carbocycles. The van der Waals surface area contributed by atoms with E-state index >= 15 is 0 Å². The van der Waals surface area contributed by atoms with E-state index in [2.05, 4.69) is 28.5 Å². The van der Waals surface area contributed by atoms with Crippen molar-refractivity contribution in [3.05, 3.63) is 59.2 Å². The molecule has 0 saturated heterocycles. The fraction of sp³-hybridized carbons (Fsp3) is 0.350. The van der Waals surface area contributed by atoms with E-state index in [0.29, 0.717) is 25.7 Å². The highest BCUT2D eigenvalue weighted by Gasteiger charge is 2.10. The van der Waals surface area contributed by atoms with E-state index in [-0.39, 0.29) is 0 Å². The van der Waals surface area contributed by atoms with Gasteiger partial charge in [-0.2, -0.15) is 0 Å². The molecule has 132 valence electrons. The van der Waals surface area contributed by atoms with Crippen molar-refractivity contribution in [3.63, 3.8) is 0 Å². The van der Waals surface area contributed by atoms with E-state index in [9.17, 15) is 0 Å². The van der Waals surface area contributed by atoms with Gasteiger partial charge in [-0.25, -0.2) is 0 Å². The molecule has 2 aromatic carbocycles. The number of aliphatic imine (C=N–C) groups is 1. The number of guanidine groups is 1. The summed E-state index contributed by atoms with van der Waals surface area (Å²) >= 11 is 0. The van der Waals surface area contributed by atoms with E-state index in [1.165, 1.54) is 24.0 Å². The molecule has 5 nitrogen and oxygen atoms in total. The molecule has 0 fully saturated rings. The molecule has 0 atom stereocenters. The fourth-order valence-corrected chi connectivity index (χ4v) is 2.98. The van der Waals surface area contributed by atoms with Crippen molar-refractivity contribution in [3.8, 4) is 5.75 Å². The van der Waals surface area contributed by atoms with Gasteiger partial charge >= 0.3 is 0 Å². The number of nitrogens with two attached hydrogens (primary N) is 1. The van der Waals surface area contributed by atoms with Crippen LogP contribution in [0.2, 0.25) is 0 Å². The number of methoxy groups -OCH3 is 1. The van der Waals surface area contributed by atoms with Gasteiger partial charge in [0.05, 0.1) is 26.9 Å². The topological polar surface area (TPSA) is 68.9 Å². The van der Waals surface area contributed by atoms with E-state index in [4.69, 9.17) is 15.2 Å². The Labute approximate surface area is 148 Å². The monoisotopic (exact) mass is 339 g/mol. The molecular weight excluding hydrogens is 314 g/mol. The highest BCUT2D eigenvalue weighted by Crippen LogP contribution is 2.24. The van der Waals surface area contributed by atoms with Crippen LogP contribution in [-0.2, 0) is 24.2 Å². The van der Waals surface area contributed by atoms with Crippen LogP contribution in [0.3, 0.4) is 0 Å². The summed E-state index contributed by atoms with van der Waals surface area (Å²) in [7, 11) is 1.66. The number of hydrogen-bond donors (Lipinski definition) is 2. The average molecular weight is 339 g/mol. The van der Waals surface area contributed by atoms with Gasteiger partial charge in [-0.05, 0) is 60.2 Å². The summed E-state index contributed by atoms with van der Waals surface area (Å²) in [5.41, 5.74) is 10.9. The van der Waals surface area contributed by atoms with Gasteiger partial charge in [-0.1, -0.05) is 18.2 Å². The zero-order chi connectivity index (χ0) is 17.5. The van der Waals surface area contributed by atoms with Crippen molar-refractivity contribution >= 4 is 11.6 Å². The smallest absolute Gasteiger partial charge is 0.193 e. The number of fused-ring (bicyclic) bond motifs is 1. The van der Waals surface area contributed by atoms with E-state index < -0.39 is 0 Å². The molecular formula is C20H25N3O2. The van der Waals surface area contributed by atoms with Crippen molar-refractivity contribution in [2.45, 2.75) is 25.9 Å². The van der Waals surface area contributed by atoms with E-state index in [1.54, 1.807) is 7.11 Å². The van der Waals surface area contributed by atoms with Crippen LogP contribution in [-0.4, -0.2) is 26.2 Å². The molecule has 0 saturated carbocycles. The van der Waals surface area contributed by atoms with Crippen molar-refractivity contribution in [1.82, 2.24) is 0 Å². The molecule has 0 bridgehead atoms. The molecule has 5 heteroatoms. The molecule has 3 rings (SSSR count). The number of anilines is 1. The predicted octanol–water partition coefficient (Wildman–Crippen LogP) is 3.13. The van der Waals surface area contributed by atoms with Crippen LogP contribution >= 0.6 is 0 Å². The Morgan fingerprint density at radius 2 is 1.92 bits per heavy atom. The first-order chi connectivity index (χ1) is 12.2. The third-order valence-electron chi connectivity index (χ3n) is 4.32. The van der Waals surface area contributed by atoms with E-state index in [1.807, 2.05) is 24.3 Å². The average Bonchev–Trinajstić information content (AvgIpc) is 3.09. The summed E-state index contributed by atoms with van der Waals surface area (Å²) in [6.45, 7) is 1.61. The SMILES string of the molecule is COc1ccc(COCCN=C(N)Nc2ccc3c(c2)CCC3)cc1. The number of nitrogens with zero attached hydrogens (tertiary/aromatic N) is 1. The maximum absolute atomic E-state index is 5.95. The summed E-state index contributed by atoms with van der Waals surface area (Å²) in [5.74, 6) is 1.27. The Morgan fingerprint density at radius 3 is 2.72 bits per heavy atom. The highest BCUT2D eigenvalue weighted by molar-refractivity contribution is 5.92. The largest absolute Gasteiger partial charge is 0.497 e. The summed E-state index contributed by atoms with van der Waals surface area (Å²) in [6.07, 6.45) is 3.58. The maximum atomic E-state index is 5.95. The number of nitrogens with one attached hydrogen (secondary N) is 1. The first-order valence-corrected chi connectivity index (χ1v) is 8.64. The molecule has 0 aliphatic heterocycles. The van der Waals surface area contributed by atoms with Crippen LogP contribution < -0.4 is 15.8 Å².